The number of fused-ring (bicyclic) bond motifs is 1. The molecule has 0 atom stereocenters. The Bertz CT molecular complexity index is 918. The molecule has 1 aromatic carbocycles. The molecule has 0 amide bonds. The third-order valence-corrected chi connectivity index (χ3v) is 4.89. The molecule has 0 saturated carbocycles. The lowest BCUT2D eigenvalue weighted by atomic mass is 10.2. The van der Waals surface area contributed by atoms with Gasteiger partial charge in [0.2, 0.25) is 0 Å². The quantitative estimate of drug-likeness (QED) is 0.780. The van der Waals surface area contributed by atoms with Crippen LogP contribution in [0.4, 0.5) is 0 Å². The van der Waals surface area contributed by atoms with Crippen molar-refractivity contribution in [2.24, 2.45) is 0 Å². The Labute approximate surface area is 135 Å². The molecule has 3 rings (SSSR count). The lowest BCUT2D eigenvalue weighted by Crippen LogP contribution is -2.24. The number of pyridine rings is 1. The van der Waals surface area contributed by atoms with Crippen molar-refractivity contribution in [3.05, 3.63) is 54.5 Å². The molecule has 1 N–H and O–H groups in total. The van der Waals surface area contributed by atoms with E-state index >= 15 is 0 Å². The first-order chi connectivity index (χ1) is 11.0. The molecule has 6 nitrogen and oxygen atoms in total. The molecule has 0 bridgehead atoms. The highest BCUT2D eigenvalue weighted by Gasteiger charge is 2.15. The van der Waals surface area contributed by atoms with Crippen molar-refractivity contribution < 1.29 is 8.42 Å². The second-order valence-corrected chi connectivity index (χ2v) is 7.28. The Kier molecular flexibility index (Phi) is 4.14. The van der Waals surface area contributed by atoms with E-state index in [0.29, 0.717) is 6.04 Å². The van der Waals surface area contributed by atoms with Gasteiger partial charge in [-0.25, -0.2) is 23.1 Å². The second-order valence-electron chi connectivity index (χ2n) is 5.56. The summed E-state index contributed by atoms with van der Waals surface area (Å²) in [6.07, 6.45) is 3.26. The highest BCUT2D eigenvalue weighted by Crippen LogP contribution is 2.19. The van der Waals surface area contributed by atoms with E-state index < -0.39 is 10.0 Å². The van der Waals surface area contributed by atoms with Crippen LogP contribution in [0.25, 0.3) is 11.0 Å². The van der Waals surface area contributed by atoms with E-state index in [0.717, 1.165) is 16.6 Å². The van der Waals surface area contributed by atoms with Gasteiger partial charge >= 0.3 is 0 Å². The van der Waals surface area contributed by atoms with E-state index in [1.165, 1.54) is 12.3 Å². The van der Waals surface area contributed by atoms with Crippen LogP contribution in [-0.4, -0.2) is 23.0 Å². The number of nitrogens with zero attached hydrogens (tertiary/aromatic N) is 3. The summed E-state index contributed by atoms with van der Waals surface area (Å²) in [6, 6.07) is 10.8. The Morgan fingerprint density at radius 1 is 1.17 bits per heavy atom. The molecule has 3 aromatic rings. The maximum absolute atomic E-state index is 12.2. The summed E-state index contributed by atoms with van der Waals surface area (Å²) in [5, 5.41) is 0.0216. The summed E-state index contributed by atoms with van der Waals surface area (Å²) in [5.74, 6) is 0. The molecule has 2 heterocycles. The summed E-state index contributed by atoms with van der Waals surface area (Å²) < 4.78 is 29.0. The van der Waals surface area contributed by atoms with E-state index in [4.69, 9.17) is 0 Å². The van der Waals surface area contributed by atoms with Crippen molar-refractivity contribution in [1.82, 2.24) is 19.3 Å². The average Bonchev–Trinajstić information content (AvgIpc) is 2.97. The van der Waals surface area contributed by atoms with E-state index in [-0.39, 0.29) is 11.6 Å². The van der Waals surface area contributed by atoms with Gasteiger partial charge in [0.25, 0.3) is 10.0 Å². The summed E-state index contributed by atoms with van der Waals surface area (Å²) in [4.78, 5) is 8.23. The van der Waals surface area contributed by atoms with E-state index in [1.54, 1.807) is 18.5 Å². The largest absolute Gasteiger partial charge is 0.328 e. The third-order valence-electron chi connectivity index (χ3n) is 3.57. The molecule has 0 saturated heterocycles. The molecule has 23 heavy (non-hydrogen) atoms. The van der Waals surface area contributed by atoms with Crippen molar-refractivity contribution in [1.29, 1.82) is 0 Å². The first kappa shape index (κ1) is 15.6. The monoisotopic (exact) mass is 330 g/mol. The fraction of sp³-hybridized carbons (Fsp3) is 0.250. The number of aromatic nitrogens is 3. The number of benzene rings is 1. The van der Waals surface area contributed by atoms with Crippen LogP contribution >= 0.6 is 0 Å². The molecule has 0 radical (unpaired) electrons. The zero-order chi connectivity index (χ0) is 16.4. The van der Waals surface area contributed by atoms with E-state index in [2.05, 4.69) is 33.1 Å². The summed E-state index contributed by atoms with van der Waals surface area (Å²) in [5.41, 5.74) is 2.77. The number of nitrogens with one attached hydrogen (secondary N) is 1. The Hall–Kier alpha value is -2.25. The van der Waals surface area contributed by atoms with Crippen LogP contribution in [0.3, 0.4) is 0 Å². The van der Waals surface area contributed by atoms with E-state index in [1.807, 2.05) is 18.2 Å². The van der Waals surface area contributed by atoms with Crippen molar-refractivity contribution in [3.63, 3.8) is 0 Å². The second kappa shape index (κ2) is 6.10. The lowest BCUT2D eigenvalue weighted by molar-refractivity contribution is 0.577. The number of sulfonamides is 1. The van der Waals surface area contributed by atoms with Gasteiger partial charge in [0.15, 0.2) is 5.03 Å². The minimum absolute atomic E-state index is 0.0216. The van der Waals surface area contributed by atoms with Crippen LogP contribution in [0.15, 0.2) is 53.9 Å². The van der Waals surface area contributed by atoms with Gasteiger partial charge in [-0.05, 0) is 43.7 Å². The SMILES string of the molecule is CC(C)n1cnc2ccc(CNS(=O)(=O)c3ccccn3)cc21. The number of hydrogen-bond acceptors (Lipinski definition) is 4. The number of imidazole rings is 1. The predicted octanol–water partition coefficient (Wildman–Crippen LogP) is 2.49. The van der Waals surface area contributed by atoms with E-state index in [9.17, 15) is 8.42 Å². The van der Waals surface area contributed by atoms with Gasteiger partial charge < -0.3 is 4.57 Å². The standard InChI is InChI=1S/C16H18N4O2S/c1-12(2)20-11-18-14-7-6-13(9-15(14)20)10-19-23(21,22)16-5-3-4-8-17-16/h3-9,11-12,19H,10H2,1-2H3. The molecule has 0 aliphatic rings. The molecular formula is C16H18N4O2S. The average molecular weight is 330 g/mol. The Balaban J connectivity index is 1.83. The minimum atomic E-state index is -3.61. The molecule has 7 heteroatoms. The van der Waals surface area contributed by atoms with Crippen molar-refractivity contribution in [3.8, 4) is 0 Å². The zero-order valence-corrected chi connectivity index (χ0v) is 13.8. The molecule has 0 aliphatic carbocycles. The van der Waals surface area contributed by atoms with Gasteiger partial charge in [0.05, 0.1) is 17.4 Å². The normalized spacial score (nSPS) is 12.1. The van der Waals surface area contributed by atoms with Gasteiger partial charge in [-0.2, -0.15) is 0 Å². The van der Waals surface area contributed by atoms with Crippen molar-refractivity contribution >= 4 is 21.1 Å². The maximum atomic E-state index is 12.2. The first-order valence-electron chi connectivity index (χ1n) is 7.33. The van der Waals surface area contributed by atoms with Gasteiger partial charge in [0.1, 0.15) is 0 Å². The minimum Gasteiger partial charge on any atom is -0.328 e. The van der Waals surface area contributed by atoms with Crippen LogP contribution in [0.2, 0.25) is 0 Å². The van der Waals surface area contributed by atoms with Crippen LogP contribution in [0, 0.1) is 0 Å². The smallest absolute Gasteiger partial charge is 0.258 e. The lowest BCUT2D eigenvalue weighted by Gasteiger charge is -2.09. The highest BCUT2D eigenvalue weighted by molar-refractivity contribution is 7.89. The van der Waals surface area contributed by atoms with Crippen molar-refractivity contribution in [2.45, 2.75) is 31.5 Å². The van der Waals surface area contributed by atoms with Gasteiger partial charge in [-0.15, -0.1) is 0 Å². The zero-order valence-electron chi connectivity index (χ0n) is 13.0. The third kappa shape index (κ3) is 3.25. The maximum Gasteiger partial charge on any atom is 0.258 e. The summed E-state index contributed by atoms with van der Waals surface area (Å²) in [6.45, 7) is 4.37. The first-order valence-corrected chi connectivity index (χ1v) is 8.82. The molecule has 0 fully saturated rings. The van der Waals surface area contributed by atoms with Gasteiger partial charge in [0, 0.05) is 18.8 Å². The molecule has 0 spiro atoms. The Morgan fingerprint density at radius 2 is 2.00 bits per heavy atom. The van der Waals surface area contributed by atoms with Crippen LogP contribution < -0.4 is 4.72 Å². The summed E-state index contributed by atoms with van der Waals surface area (Å²) >= 11 is 0. The summed E-state index contributed by atoms with van der Waals surface area (Å²) in [7, 11) is -3.61. The van der Waals surface area contributed by atoms with Gasteiger partial charge in [-0.3, -0.25) is 0 Å². The fourth-order valence-corrected chi connectivity index (χ4v) is 3.31. The van der Waals surface area contributed by atoms with Crippen LogP contribution in [0.1, 0.15) is 25.5 Å². The number of rotatable bonds is 5. The molecular weight excluding hydrogens is 312 g/mol. The van der Waals surface area contributed by atoms with Crippen molar-refractivity contribution in [2.75, 3.05) is 0 Å². The Morgan fingerprint density at radius 3 is 2.70 bits per heavy atom. The van der Waals surface area contributed by atoms with Crippen LogP contribution in [-0.2, 0) is 16.6 Å². The molecule has 2 aromatic heterocycles. The van der Waals surface area contributed by atoms with Crippen LogP contribution in [0.5, 0.6) is 0 Å². The predicted molar refractivity (Wildman–Crippen MR) is 88.4 cm³/mol. The molecule has 120 valence electrons. The topological polar surface area (TPSA) is 76.9 Å². The highest BCUT2D eigenvalue weighted by atomic mass is 32.2. The molecule has 0 aliphatic heterocycles. The van der Waals surface area contributed by atoms with Gasteiger partial charge in [-0.1, -0.05) is 12.1 Å². The fourth-order valence-electron chi connectivity index (χ4n) is 2.35. The number of hydrogen-bond donors (Lipinski definition) is 1. The molecule has 0 unspecified atom stereocenters.